The zero-order valence-corrected chi connectivity index (χ0v) is 34.2. The van der Waals surface area contributed by atoms with Gasteiger partial charge in [0.2, 0.25) is 0 Å². The fourth-order valence-electron chi connectivity index (χ4n) is 4.16. The first-order valence-corrected chi connectivity index (χ1v) is 20.2. The highest BCUT2D eigenvalue weighted by molar-refractivity contribution is 7.97. The highest BCUT2D eigenvalue weighted by atomic mass is 32.2. The van der Waals surface area contributed by atoms with Crippen molar-refractivity contribution in [1.29, 1.82) is 0 Å². The molecule has 3 rings (SSSR count). The van der Waals surface area contributed by atoms with E-state index >= 15 is 0 Å². The molecule has 0 amide bonds. The maximum atomic E-state index is 12.3. The molecule has 3 aromatic rings. The molecule has 0 aliphatic heterocycles. The predicted molar refractivity (Wildman–Crippen MR) is 206 cm³/mol. The molecule has 14 nitrogen and oxygen atoms in total. The molecule has 0 fully saturated rings. The van der Waals surface area contributed by atoms with Crippen LogP contribution < -0.4 is 14.2 Å². The summed E-state index contributed by atoms with van der Waals surface area (Å²) in [4.78, 5) is 14.1. The summed E-state index contributed by atoms with van der Waals surface area (Å²) in [6.07, 6.45) is 0. The van der Waals surface area contributed by atoms with Crippen LogP contribution in [0.5, 0.6) is 17.2 Å². The zero-order chi connectivity index (χ0) is 41.9. The maximum Gasteiger partial charge on any atom is 0.367 e. The van der Waals surface area contributed by atoms with Crippen molar-refractivity contribution in [2.75, 3.05) is 107 Å². The first-order chi connectivity index (χ1) is 27.3. The van der Waals surface area contributed by atoms with Gasteiger partial charge in [0, 0.05) is 26.9 Å². The van der Waals surface area contributed by atoms with Gasteiger partial charge in [-0.15, -0.1) is 0 Å². The number of carbonyl (C=O) groups excluding carboxylic acids is 1. The SMILES string of the molecule is C=C(C)C(=O)OCC(F)(F)S(=O)(=O)[O-].COCCOCCOc1ccc([S+](c2ccc(OCCOCCOC)cc2)c2ccc(OCCOCCOC)cc2)cc1. The second-order valence-electron chi connectivity index (χ2n) is 11.5. The third-order valence-electron chi connectivity index (χ3n) is 7.05. The summed E-state index contributed by atoms with van der Waals surface area (Å²) in [6.45, 7) is 8.81. The van der Waals surface area contributed by atoms with Crippen LogP contribution in [0.3, 0.4) is 0 Å². The minimum absolute atomic E-state index is 0.177. The molecule has 0 atom stereocenters. The van der Waals surface area contributed by atoms with Crippen LogP contribution in [0.4, 0.5) is 8.78 Å². The molecule has 18 heteroatoms. The number of halogens is 2. The average Bonchev–Trinajstić information content (AvgIpc) is 3.19. The summed E-state index contributed by atoms with van der Waals surface area (Å²) < 4.78 is 107. The molecule has 0 aliphatic carbocycles. The van der Waals surface area contributed by atoms with Gasteiger partial charge in [0.15, 0.2) is 31.4 Å². The van der Waals surface area contributed by atoms with E-state index in [1.54, 1.807) is 21.3 Å². The quantitative estimate of drug-likeness (QED) is 0.0310. The number of carbonyl (C=O) groups is 1. The minimum atomic E-state index is -5.81. The number of methoxy groups -OCH3 is 3. The van der Waals surface area contributed by atoms with Gasteiger partial charge in [0.25, 0.3) is 0 Å². The summed E-state index contributed by atoms with van der Waals surface area (Å²) in [6, 6.07) is 24.8. The number of hydrogen-bond donors (Lipinski definition) is 0. The minimum Gasteiger partial charge on any atom is -0.743 e. The average molecular weight is 847 g/mol. The highest BCUT2D eigenvalue weighted by Gasteiger charge is 2.39. The number of hydrogen-bond acceptors (Lipinski definition) is 14. The van der Waals surface area contributed by atoms with Gasteiger partial charge < -0.3 is 51.9 Å². The Morgan fingerprint density at radius 2 is 0.895 bits per heavy atom. The van der Waals surface area contributed by atoms with Gasteiger partial charge in [-0.1, -0.05) is 6.58 Å². The molecular weight excluding hydrogens is 795 g/mol. The van der Waals surface area contributed by atoms with E-state index in [9.17, 15) is 26.5 Å². The van der Waals surface area contributed by atoms with E-state index in [1.165, 1.54) is 21.6 Å². The Morgan fingerprint density at radius 1 is 0.596 bits per heavy atom. The number of benzene rings is 3. The standard InChI is InChI=1S/C33H45O9S.C6H8F2O5S/c1-34-16-19-37-22-25-40-28-4-10-31(11-5-28)43(32-12-6-29(7-13-32)41-26-23-38-20-17-35-2)33-14-8-30(9-15-33)42-27-24-39-21-18-36-3;1-4(2)5(9)13-3-6(7,8)14(10,11)12/h4-15H,16-27H2,1-3H3;1,3H2,2H3,(H,10,11,12)/q+1;/p-1. The Hall–Kier alpha value is -3.85. The molecule has 0 saturated heterocycles. The Morgan fingerprint density at radius 3 is 1.16 bits per heavy atom. The van der Waals surface area contributed by atoms with E-state index in [1.807, 2.05) is 36.4 Å². The third-order valence-corrected chi connectivity index (χ3v) is 10.1. The molecule has 0 bridgehead atoms. The molecule has 0 aliphatic rings. The Bertz CT molecular complexity index is 1520. The van der Waals surface area contributed by atoms with E-state index in [4.69, 9.17) is 42.6 Å². The van der Waals surface area contributed by atoms with Crippen LogP contribution in [0, 0.1) is 0 Å². The van der Waals surface area contributed by atoms with Crippen LogP contribution in [-0.4, -0.2) is 131 Å². The van der Waals surface area contributed by atoms with Crippen molar-refractivity contribution in [3.05, 3.63) is 84.9 Å². The van der Waals surface area contributed by atoms with E-state index in [-0.39, 0.29) is 16.5 Å². The van der Waals surface area contributed by atoms with Gasteiger partial charge in [-0.3, -0.25) is 0 Å². The smallest absolute Gasteiger partial charge is 0.367 e. The van der Waals surface area contributed by atoms with Crippen LogP contribution in [-0.2, 0) is 59.0 Å². The van der Waals surface area contributed by atoms with Crippen LogP contribution >= 0.6 is 0 Å². The number of ether oxygens (including phenoxy) is 10. The van der Waals surface area contributed by atoms with Gasteiger partial charge in [0.1, 0.15) is 37.1 Å². The van der Waals surface area contributed by atoms with E-state index < -0.39 is 27.9 Å². The van der Waals surface area contributed by atoms with E-state index in [0.717, 1.165) is 17.2 Å². The Labute approximate surface area is 336 Å². The van der Waals surface area contributed by atoms with Crippen LogP contribution in [0.25, 0.3) is 0 Å². The second kappa shape index (κ2) is 27.7. The van der Waals surface area contributed by atoms with Gasteiger partial charge in [-0.05, 0) is 79.7 Å². The highest BCUT2D eigenvalue weighted by Crippen LogP contribution is 2.34. The Kier molecular flexibility index (Phi) is 24.0. The molecule has 3 aromatic carbocycles. The molecular formula is C39H52F2O14S2. The normalized spacial score (nSPS) is 11.4. The monoisotopic (exact) mass is 846 g/mol. The van der Waals surface area contributed by atoms with Crippen molar-refractivity contribution in [1.82, 2.24) is 0 Å². The lowest BCUT2D eigenvalue weighted by atomic mass is 10.3. The van der Waals surface area contributed by atoms with Crippen molar-refractivity contribution >= 4 is 27.0 Å². The van der Waals surface area contributed by atoms with Crippen LogP contribution in [0.2, 0.25) is 0 Å². The molecule has 0 unspecified atom stereocenters. The second-order valence-corrected chi connectivity index (χ2v) is 15.1. The Balaban J connectivity index is 0.000000680. The predicted octanol–water partition coefficient (Wildman–Crippen LogP) is 5.15. The molecule has 318 valence electrons. The molecule has 57 heavy (non-hydrogen) atoms. The fraction of sp³-hybridized carbons (Fsp3) is 0.462. The largest absolute Gasteiger partial charge is 0.743 e. The topological polar surface area (TPSA) is 167 Å². The lowest BCUT2D eigenvalue weighted by Crippen LogP contribution is -2.34. The molecule has 0 radical (unpaired) electrons. The van der Waals surface area contributed by atoms with Gasteiger partial charge >= 0.3 is 11.2 Å². The van der Waals surface area contributed by atoms with Gasteiger partial charge in [-0.25, -0.2) is 13.2 Å². The number of rotatable bonds is 28. The molecule has 0 N–H and O–H groups in total. The zero-order valence-electron chi connectivity index (χ0n) is 32.6. The molecule has 0 saturated carbocycles. The van der Waals surface area contributed by atoms with Crippen molar-refractivity contribution < 1.29 is 73.9 Å². The van der Waals surface area contributed by atoms with Crippen molar-refractivity contribution in [3.63, 3.8) is 0 Å². The van der Waals surface area contributed by atoms with E-state index in [0.29, 0.717) is 79.3 Å². The first-order valence-electron chi connectivity index (χ1n) is 17.6. The lowest BCUT2D eigenvalue weighted by molar-refractivity contribution is -0.144. The summed E-state index contributed by atoms with van der Waals surface area (Å²) in [5.74, 6) is 1.22. The number of alkyl halides is 2. The summed E-state index contributed by atoms with van der Waals surface area (Å²) in [5, 5.41) is -4.61. The first kappa shape index (κ1) is 49.3. The molecule has 0 aromatic heterocycles. The summed E-state index contributed by atoms with van der Waals surface area (Å²) in [5.41, 5.74) is -0.177. The van der Waals surface area contributed by atoms with Crippen molar-refractivity contribution in [2.45, 2.75) is 26.9 Å². The maximum absolute atomic E-state index is 12.3. The van der Waals surface area contributed by atoms with Crippen LogP contribution in [0.1, 0.15) is 6.92 Å². The summed E-state index contributed by atoms with van der Waals surface area (Å²) in [7, 11) is -1.20. The van der Waals surface area contributed by atoms with Crippen LogP contribution in [0.15, 0.2) is 99.6 Å². The molecule has 0 spiro atoms. The van der Waals surface area contributed by atoms with Gasteiger partial charge in [-0.2, -0.15) is 8.78 Å². The van der Waals surface area contributed by atoms with Gasteiger partial charge in [0.05, 0.1) is 70.4 Å². The summed E-state index contributed by atoms with van der Waals surface area (Å²) >= 11 is 0. The third kappa shape index (κ3) is 19.9. The lowest BCUT2D eigenvalue weighted by Gasteiger charge is -2.19. The van der Waals surface area contributed by atoms with E-state index in [2.05, 4.69) is 47.7 Å². The van der Waals surface area contributed by atoms with Crippen molar-refractivity contribution in [3.8, 4) is 17.2 Å². The molecule has 0 heterocycles. The van der Waals surface area contributed by atoms with Crippen molar-refractivity contribution in [2.24, 2.45) is 0 Å². The fourth-order valence-corrected chi connectivity index (χ4v) is 6.40. The number of esters is 1.